The van der Waals surface area contributed by atoms with E-state index in [9.17, 15) is 0 Å². The normalized spacial score (nSPS) is 18.6. The van der Waals surface area contributed by atoms with Crippen molar-refractivity contribution in [3.05, 3.63) is 48.2 Å². The lowest BCUT2D eigenvalue weighted by molar-refractivity contribution is 0.590. The van der Waals surface area contributed by atoms with Crippen molar-refractivity contribution in [2.75, 3.05) is 5.73 Å². The average Bonchev–Trinajstić information content (AvgIpc) is 2.80. The summed E-state index contributed by atoms with van der Waals surface area (Å²) in [5.74, 6) is 0.648. The quantitative estimate of drug-likeness (QED) is 0.808. The van der Waals surface area contributed by atoms with E-state index in [1.54, 1.807) is 0 Å². The van der Waals surface area contributed by atoms with Gasteiger partial charge in [-0.25, -0.2) is 0 Å². The summed E-state index contributed by atoms with van der Waals surface area (Å²) in [5, 5.41) is 8.60. The van der Waals surface area contributed by atoms with Crippen molar-refractivity contribution in [3.8, 4) is 0 Å². The largest absolute Gasteiger partial charge is 0.399 e. The highest BCUT2D eigenvalue weighted by Crippen LogP contribution is 2.23. The fraction of sp³-hybridized carbons (Fsp3) is 0.267. The van der Waals surface area contributed by atoms with Gasteiger partial charge in [0.2, 0.25) is 0 Å². The standard InChI is InChI=1S/C15H17N3/c16-12-7-9-15-13(10-12)14(17-18-15)8-6-11-4-2-1-3-5-11/h1-4,7,9-11H,5-6,8,16H2,(H,17,18). The van der Waals surface area contributed by atoms with Crippen LogP contribution in [0.5, 0.6) is 0 Å². The van der Waals surface area contributed by atoms with E-state index in [4.69, 9.17) is 5.73 Å². The summed E-state index contributed by atoms with van der Waals surface area (Å²) >= 11 is 0. The van der Waals surface area contributed by atoms with Gasteiger partial charge >= 0.3 is 0 Å². The second-order valence-electron chi connectivity index (χ2n) is 4.83. The molecule has 0 aliphatic heterocycles. The molecule has 0 saturated heterocycles. The van der Waals surface area contributed by atoms with E-state index in [1.165, 1.54) is 5.69 Å². The number of hydrogen-bond donors (Lipinski definition) is 2. The number of benzene rings is 1. The zero-order chi connectivity index (χ0) is 12.4. The third-order valence-corrected chi connectivity index (χ3v) is 3.49. The maximum Gasteiger partial charge on any atom is 0.0925 e. The highest BCUT2D eigenvalue weighted by molar-refractivity contribution is 5.84. The molecule has 2 aromatic rings. The lowest BCUT2D eigenvalue weighted by Crippen LogP contribution is -2.00. The van der Waals surface area contributed by atoms with Crippen LogP contribution in [0.1, 0.15) is 18.5 Å². The summed E-state index contributed by atoms with van der Waals surface area (Å²) in [7, 11) is 0. The summed E-state index contributed by atoms with van der Waals surface area (Å²) in [5.41, 5.74) is 8.82. The van der Waals surface area contributed by atoms with Crippen LogP contribution in [0.2, 0.25) is 0 Å². The Kier molecular flexibility index (Phi) is 2.89. The first-order valence-electron chi connectivity index (χ1n) is 6.39. The number of nitrogens with zero attached hydrogens (tertiary/aromatic N) is 1. The Morgan fingerprint density at radius 3 is 3.11 bits per heavy atom. The van der Waals surface area contributed by atoms with Crippen molar-refractivity contribution >= 4 is 16.6 Å². The molecule has 1 aromatic carbocycles. The molecule has 18 heavy (non-hydrogen) atoms. The minimum Gasteiger partial charge on any atom is -0.399 e. The second kappa shape index (κ2) is 4.69. The maximum absolute atomic E-state index is 5.83. The molecular formula is C15H17N3. The molecule has 1 atom stereocenters. The molecule has 3 nitrogen and oxygen atoms in total. The Hall–Kier alpha value is -2.03. The van der Waals surface area contributed by atoms with Gasteiger partial charge in [-0.1, -0.05) is 24.3 Å². The number of H-pyrrole nitrogens is 1. The van der Waals surface area contributed by atoms with Gasteiger partial charge in [0, 0.05) is 16.8 Å². The number of allylic oxidation sites excluding steroid dienone is 4. The van der Waals surface area contributed by atoms with Crippen LogP contribution in [0.15, 0.2) is 42.5 Å². The van der Waals surface area contributed by atoms with E-state index in [0.29, 0.717) is 5.92 Å². The highest BCUT2D eigenvalue weighted by atomic mass is 15.1. The number of rotatable bonds is 3. The SMILES string of the molecule is Nc1ccc2n[nH]c(CCC3C=CC=CC3)c2c1. The van der Waals surface area contributed by atoms with Crippen molar-refractivity contribution in [1.29, 1.82) is 0 Å². The number of nitrogens with one attached hydrogen (secondary N) is 1. The van der Waals surface area contributed by atoms with Crippen LogP contribution in [0.25, 0.3) is 10.9 Å². The van der Waals surface area contributed by atoms with Gasteiger partial charge in [0.1, 0.15) is 0 Å². The number of aromatic nitrogens is 2. The molecular weight excluding hydrogens is 222 g/mol. The summed E-state index contributed by atoms with van der Waals surface area (Å²) in [6, 6.07) is 5.86. The molecule has 1 unspecified atom stereocenters. The van der Waals surface area contributed by atoms with Crippen molar-refractivity contribution in [2.24, 2.45) is 5.92 Å². The van der Waals surface area contributed by atoms with Gasteiger partial charge in [0.25, 0.3) is 0 Å². The molecule has 0 fully saturated rings. The van der Waals surface area contributed by atoms with E-state index in [2.05, 4.69) is 34.5 Å². The predicted molar refractivity (Wildman–Crippen MR) is 75.2 cm³/mol. The first-order chi connectivity index (χ1) is 8.83. The Balaban J connectivity index is 1.76. The number of aryl methyl sites for hydroxylation is 1. The van der Waals surface area contributed by atoms with E-state index in [1.807, 2.05) is 18.2 Å². The first kappa shape index (κ1) is 11.1. The van der Waals surface area contributed by atoms with E-state index >= 15 is 0 Å². The van der Waals surface area contributed by atoms with E-state index < -0.39 is 0 Å². The molecule has 0 radical (unpaired) electrons. The number of nitrogens with two attached hydrogens (primary N) is 1. The summed E-state index contributed by atoms with van der Waals surface area (Å²) in [4.78, 5) is 0. The fourth-order valence-electron chi connectivity index (χ4n) is 2.45. The molecule has 0 amide bonds. The summed E-state index contributed by atoms with van der Waals surface area (Å²) in [6.45, 7) is 0. The smallest absolute Gasteiger partial charge is 0.0925 e. The van der Waals surface area contributed by atoms with Crippen LogP contribution in [0.4, 0.5) is 5.69 Å². The van der Waals surface area contributed by atoms with Crippen LogP contribution in [0.3, 0.4) is 0 Å². The zero-order valence-electron chi connectivity index (χ0n) is 10.3. The Morgan fingerprint density at radius 1 is 1.33 bits per heavy atom. The van der Waals surface area contributed by atoms with Gasteiger partial charge in [-0.2, -0.15) is 5.10 Å². The van der Waals surface area contributed by atoms with Crippen molar-refractivity contribution < 1.29 is 0 Å². The molecule has 0 bridgehead atoms. The lowest BCUT2D eigenvalue weighted by Gasteiger charge is -2.11. The van der Waals surface area contributed by atoms with Gasteiger partial charge in [-0.15, -0.1) is 0 Å². The van der Waals surface area contributed by atoms with Crippen LogP contribution in [0, 0.1) is 5.92 Å². The Morgan fingerprint density at radius 2 is 2.28 bits per heavy atom. The van der Waals surface area contributed by atoms with Gasteiger partial charge < -0.3 is 5.73 Å². The number of nitrogen functional groups attached to an aromatic ring is 1. The van der Waals surface area contributed by atoms with Gasteiger partial charge in [-0.05, 0) is 43.4 Å². The van der Waals surface area contributed by atoms with Gasteiger partial charge in [-0.3, -0.25) is 5.10 Å². The van der Waals surface area contributed by atoms with Crippen molar-refractivity contribution in [3.63, 3.8) is 0 Å². The Labute approximate surface area is 106 Å². The van der Waals surface area contributed by atoms with Crippen LogP contribution < -0.4 is 5.73 Å². The van der Waals surface area contributed by atoms with Crippen LogP contribution >= 0.6 is 0 Å². The second-order valence-corrected chi connectivity index (χ2v) is 4.83. The summed E-state index contributed by atoms with van der Waals surface area (Å²) in [6.07, 6.45) is 12.1. The first-order valence-corrected chi connectivity index (χ1v) is 6.39. The maximum atomic E-state index is 5.83. The number of hydrogen-bond acceptors (Lipinski definition) is 2. The monoisotopic (exact) mass is 239 g/mol. The van der Waals surface area contributed by atoms with E-state index in [-0.39, 0.29) is 0 Å². The van der Waals surface area contributed by atoms with Crippen LogP contribution in [-0.4, -0.2) is 10.2 Å². The highest BCUT2D eigenvalue weighted by Gasteiger charge is 2.09. The molecule has 92 valence electrons. The molecule has 1 aliphatic rings. The fourth-order valence-corrected chi connectivity index (χ4v) is 2.45. The molecule has 3 N–H and O–H groups in total. The lowest BCUT2D eigenvalue weighted by atomic mass is 9.94. The minimum atomic E-state index is 0.648. The van der Waals surface area contributed by atoms with E-state index in [0.717, 1.165) is 35.9 Å². The van der Waals surface area contributed by atoms with Gasteiger partial charge in [0.15, 0.2) is 0 Å². The van der Waals surface area contributed by atoms with Gasteiger partial charge in [0.05, 0.1) is 5.52 Å². The third-order valence-electron chi connectivity index (χ3n) is 3.49. The molecule has 3 heteroatoms. The predicted octanol–water partition coefficient (Wildman–Crippen LogP) is 3.21. The topological polar surface area (TPSA) is 54.7 Å². The molecule has 3 rings (SSSR count). The molecule has 0 saturated carbocycles. The number of aromatic amines is 1. The molecule has 1 aromatic heterocycles. The average molecular weight is 239 g/mol. The molecule has 1 aliphatic carbocycles. The summed E-state index contributed by atoms with van der Waals surface area (Å²) < 4.78 is 0. The van der Waals surface area contributed by atoms with Crippen molar-refractivity contribution in [2.45, 2.75) is 19.3 Å². The molecule has 0 spiro atoms. The zero-order valence-corrected chi connectivity index (χ0v) is 10.3. The number of anilines is 1. The third kappa shape index (κ3) is 2.16. The van der Waals surface area contributed by atoms with Crippen molar-refractivity contribution in [1.82, 2.24) is 10.2 Å². The minimum absolute atomic E-state index is 0.648. The molecule has 1 heterocycles. The number of fused-ring (bicyclic) bond motifs is 1. The van der Waals surface area contributed by atoms with Crippen LogP contribution in [-0.2, 0) is 6.42 Å². The Bertz CT molecular complexity index is 607.